The van der Waals surface area contributed by atoms with Crippen LogP contribution >= 0.6 is 23.2 Å². The minimum absolute atomic E-state index is 0.0654. The van der Waals surface area contributed by atoms with Gasteiger partial charge >= 0.3 is 0 Å². The number of pyridine rings is 1. The number of carbonyl (C=O) groups excluding carboxylic acids is 1. The molecule has 5 rings (SSSR count). The first-order chi connectivity index (χ1) is 15.4. The summed E-state index contributed by atoms with van der Waals surface area (Å²) in [6.07, 6.45) is 3.09. The number of ether oxygens (including phenoxy) is 1. The maximum absolute atomic E-state index is 13.5. The van der Waals surface area contributed by atoms with Crippen molar-refractivity contribution in [2.45, 2.75) is 32.0 Å². The van der Waals surface area contributed by atoms with Crippen LogP contribution in [-0.2, 0) is 16.9 Å². The average molecular weight is 468 g/mol. The molecule has 32 heavy (non-hydrogen) atoms. The van der Waals surface area contributed by atoms with E-state index in [4.69, 9.17) is 27.9 Å². The van der Waals surface area contributed by atoms with Crippen molar-refractivity contribution in [2.75, 3.05) is 18.4 Å². The Morgan fingerprint density at radius 2 is 1.88 bits per heavy atom. The molecule has 3 heterocycles. The molecule has 1 spiro atoms. The van der Waals surface area contributed by atoms with Crippen LogP contribution in [0.4, 0.5) is 11.4 Å². The van der Waals surface area contributed by atoms with E-state index < -0.39 is 0 Å². The Bertz CT molecular complexity index is 1190. The highest BCUT2D eigenvalue weighted by Gasteiger charge is 2.43. The molecule has 0 radical (unpaired) electrons. The van der Waals surface area contributed by atoms with Crippen LogP contribution in [0.15, 0.2) is 54.7 Å². The van der Waals surface area contributed by atoms with Gasteiger partial charge in [0.2, 0.25) is 0 Å². The van der Waals surface area contributed by atoms with Crippen molar-refractivity contribution in [3.05, 3.63) is 87.2 Å². The summed E-state index contributed by atoms with van der Waals surface area (Å²) in [5.41, 5.74) is 5.18. The van der Waals surface area contributed by atoms with Crippen molar-refractivity contribution in [1.82, 2.24) is 9.88 Å². The number of rotatable bonds is 3. The van der Waals surface area contributed by atoms with Crippen LogP contribution in [-0.4, -0.2) is 28.9 Å². The number of nitrogens with one attached hydrogen (secondary N) is 1. The van der Waals surface area contributed by atoms with Gasteiger partial charge in [-0.1, -0.05) is 47.5 Å². The van der Waals surface area contributed by atoms with Crippen molar-refractivity contribution in [2.24, 2.45) is 0 Å². The van der Waals surface area contributed by atoms with E-state index in [1.165, 1.54) is 11.1 Å². The first-order valence-corrected chi connectivity index (χ1v) is 11.4. The lowest BCUT2D eigenvalue weighted by Gasteiger charge is -2.39. The van der Waals surface area contributed by atoms with Crippen LogP contribution < -0.4 is 5.32 Å². The molecule has 7 heteroatoms. The second-order valence-electron chi connectivity index (χ2n) is 8.37. The molecule has 1 saturated heterocycles. The van der Waals surface area contributed by atoms with Crippen LogP contribution in [0, 0.1) is 6.92 Å². The zero-order valence-electron chi connectivity index (χ0n) is 17.7. The molecule has 0 unspecified atom stereocenters. The van der Waals surface area contributed by atoms with Crippen LogP contribution in [0.1, 0.15) is 39.9 Å². The third kappa shape index (κ3) is 3.85. The summed E-state index contributed by atoms with van der Waals surface area (Å²) in [6, 6.07) is 15.6. The van der Waals surface area contributed by atoms with Gasteiger partial charge in [0.25, 0.3) is 5.91 Å². The molecule has 2 aliphatic heterocycles. The molecule has 164 valence electrons. The average Bonchev–Trinajstić information content (AvgIpc) is 3.14. The number of nitrogens with zero attached hydrogens (tertiary/aromatic N) is 2. The van der Waals surface area contributed by atoms with Gasteiger partial charge in [-0.25, -0.2) is 4.98 Å². The number of likely N-dealkylation sites (tertiary alicyclic amines) is 1. The molecule has 1 aromatic heterocycles. The predicted molar refractivity (Wildman–Crippen MR) is 127 cm³/mol. The maximum Gasteiger partial charge on any atom is 0.257 e. The lowest BCUT2D eigenvalue weighted by atomic mass is 9.83. The Hall–Kier alpha value is -2.60. The van der Waals surface area contributed by atoms with Crippen LogP contribution in [0.3, 0.4) is 0 Å². The second kappa shape index (κ2) is 8.39. The monoisotopic (exact) mass is 467 g/mol. The number of anilines is 2. The topological polar surface area (TPSA) is 54.5 Å². The number of fused-ring (bicyclic) bond motifs is 2. The fraction of sp³-hybridized carbons (Fsp3) is 0.280. The zero-order chi connectivity index (χ0) is 22.3. The van der Waals surface area contributed by atoms with Gasteiger partial charge in [0, 0.05) is 30.0 Å². The molecule has 1 N–H and O–H groups in total. The van der Waals surface area contributed by atoms with Gasteiger partial charge in [0.05, 0.1) is 23.5 Å². The summed E-state index contributed by atoms with van der Waals surface area (Å²) >= 11 is 12.2. The number of aryl methyl sites for hydroxylation is 1. The maximum atomic E-state index is 13.5. The molecule has 0 atom stereocenters. The quantitative estimate of drug-likeness (QED) is 0.472. The Morgan fingerprint density at radius 1 is 1.09 bits per heavy atom. The summed E-state index contributed by atoms with van der Waals surface area (Å²) < 4.78 is 6.24. The van der Waals surface area contributed by atoms with Gasteiger partial charge in [-0.3, -0.25) is 4.79 Å². The summed E-state index contributed by atoms with van der Waals surface area (Å²) in [4.78, 5) is 19.5. The van der Waals surface area contributed by atoms with E-state index in [9.17, 15) is 4.79 Å². The number of hydrogen-bond acceptors (Lipinski definition) is 4. The Morgan fingerprint density at radius 3 is 2.66 bits per heavy atom. The first-order valence-electron chi connectivity index (χ1n) is 10.7. The molecular formula is C25H23Cl2N3O2. The largest absolute Gasteiger partial charge is 0.365 e. The second-order valence-corrected chi connectivity index (χ2v) is 9.19. The molecule has 0 bridgehead atoms. The SMILES string of the molecule is Cc1cc(Cl)ccc1Nc1cc(Cl)ncc1C(=O)N1CCC2(CC1)OCc1ccccc12. The van der Waals surface area contributed by atoms with Gasteiger partial charge in [-0.05, 0) is 60.7 Å². The van der Waals surface area contributed by atoms with E-state index in [1.54, 1.807) is 12.3 Å². The first kappa shape index (κ1) is 21.3. The summed E-state index contributed by atoms with van der Waals surface area (Å²) in [7, 11) is 0. The zero-order valence-corrected chi connectivity index (χ0v) is 19.2. The number of aromatic nitrogens is 1. The van der Waals surface area contributed by atoms with Gasteiger partial charge < -0.3 is 15.0 Å². The fourth-order valence-corrected chi connectivity index (χ4v) is 5.04. The lowest BCUT2D eigenvalue weighted by molar-refractivity contribution is -0.0741. The number of amides is 1. The minimum Gasteiger partial charge on any atom is -0.365 e. The minimum atomic E-state index is -0.285. The molecular weight excluding hydrogens is 445 g/mol. The number of halogens is 2. The molecule has 0 aliphatic carbocycles. The van der Waals surface area contributed by atoms with Crippen LogP contribution in [0.25, 0.3) is 0 Å². The molecule has 1 amide bonds. The standard InChI is InChI=1S/C25H23Cl2N3O2/c1-16-12-18(26)6-7-21(16)29-22-13-23(27)28-14-19(22)24(31)30-10-8-25(9-11-30)20-5-3-2-4-17(20)15-32-25/h2-7,12-14H,8-11,15H2,1H3,(H,28,29). The molecule has 2 aliphatic rings. The molecule has 0 saturated carbocycles. The normalized spacial score (nSPS) is 16.8. The van der Waals surface area contributed by atoms with Crippen molar-refractivity contribution >= 4 is 40.5 Å². The van der Waals surface area contributed by atoms with E-state index in [0.29, 0.717) is 41.1 Å². The predicted octanol–water partition coefficient (Wildman–Crippen LogP) is 6.10. The smallest absolute Gasteiger partial charge is 0.257 e. The Kier molecular flexibility index (Phi) is 5.58. The Balaban J connectivity index is 1.36. The van der Waals surface area contributed by atoms with Crippen molar-refractivity contribution in [3.8, 4) is 0 Å². The van der Waals surface area contributed by atoms with E-state index in [-0.39, 0.29) is 11.5 Å². The summed E-state index contributed by atoms with van der Waals surface area (Å²) in [6.45, 7) is 3.84. The number of piperidine rings is 1. The lowest BCUT2D eigenvalue weighted by Crippen LogP contribution is -2.45. The highest BCUT2D eigenvalue weighted by Crippen LogP contribution is 2.44. The third-order valence-electron chi connectivity index (χ3n) is 6.43. The van der Waals surface area contributed by atoms with E-state index in [2.05, 4.69) is 28.5 Å². The van der Waals surface area contributed by atoms with Crippen molar-refractivity contribution in [3.63, 3.8) is 0 Å². The van der Waals surface area contributed by atoms with Crippen molar-refractivity contribution < 1.29 is 9.53 Å². The van der Waals surface area contributed by atoms with E-state index >= 15 is 0 Å². The van der Waals surface area contributed by atoms with Gasteiger partial charge in [0.15, 0.2) is 0 Å². The molecule has 5 nitrogen and oxygen atoms in total. The van der Waals surface area contributed by atoms with E-state index in [1.807, 2.05) is 36.1 Å². The number of hydrogen-bond donors (Lipinski definition) is 1. The third-order valence-corrected chi connectivity index (χ3v) is 6.87. The van der Waals surface area contributed by atoms with Crippen LogP contribution in [0.2, 0.25) is 10.2 Å². The summed E-state index contributed by atoms with van der Waals surface area (Å²) in [5, 5.41) is 4.32. The van der Waals surface area contributed by atoms with Gasteiger partial charge in [-0.2, -0.15) is 0 Å². The number of benzene rings is 2. The highest BCUT2D eigenvalue weighted by molar-refractivity contribution is 6.30. The van der Waals surface area contributed by atoms with Gasteiger partial charge in [0.1, 0.15) is 5.15 Å². The highest BCUT2D eigenvalue weighted by atomic mass is 35.5. The van der Waals surface area contributed by atoms with Crippen molar-refractivity contribution in [1.29, 1.82) is 0 Å². The molecule has 2 aromatic carbocycles. The fourth-order valence-electron chi connectivity index (χ4n) is 4.66. The van der Waals surface area contributed by atoms with Crippen LogP contribution in [0.5, 0.6) is 0 Å². The van der Waals surface area contributed by atoms with Gasteiger partial charge in [-0.15, -0.1) is 0 Å². The Labute approximate surface area is 197 Å². The van der Waals surface area contributed by atoms with E-state index in [0.717, 1.165) is 24.1 Å². The summed E-state index contributed by atoms with van der Waals surface area (Å²) in [5.74, 6) is -0.0654. The molecule has 1 fully saturated rings. The molecule has 3 aromatic rings. The number of carbonyl (C=O) groups is 1.